The maximum atomic E-state index is 11.8. The van der Waals surface area contributed by atoms with Gasteiger partial charge in [-0.2, -0.15) is 0 Å². The zero-order valence-corrected chi connectivity index (χ0v) is 12.6. The number of carbonyl (C=O) groups is 2. The zero-order valence-electron chi connectivity index (χ0n) is 12.6. The number of carbonyl (C=O) groups excluding carboxylic acids is 2. The Bertz CT molecular complexity index is 484. The highest BCUT2D eigenvalue weighted by molar-refractivity contribution is 6.40. The highest BCUT2D eigenvalue weighted by Crippen LogP contribution is 2.27. The standard InChI is InChI=1S/C17H22O4/c1-3-20-17(19)16(18)13-6-10-15(11-7-13)21-14-8-4-12(2)5-9-14/h6-7,10-12,14H,3-5,8-9H2,1-2H3. The molecule has 114 valence electrons. The molecule has 1 fully saturated rings. The van der Waals surface area contributed by atoms with Gasteiger partial charge in [0, 0.05) is 5.56 Å². The molecule has 0 N–H and O–H groups in total. The molecule has 0 radical (unpaired) electrons. The summed E-state index contributed by atoms with van der Waals surface area (Å²) in [4.78, 5) is 23.1. The van der Waals surface area contributed by atoms with Crippen molar-refractivity contribution in [2.24, 2.45) is 5.92 Å². The Morgan fingerprint density at radius 1 is 1.10 bits per heavy atom. The molecule has 1 aliphatic rings. The molecule has 2 rings (SSSR count). The van der Waals surface area contributed by atoms with E-state index in [0.29, 0.717) is 5.56 Å². The Morgan fingerprint density at radius 3 is 2.29 bits per heavy atom. The first-order valence-electron chi connectivity index (χ1n) is 7.58. The topological polar surface area (TPSA) is 52.6 Å². The lowest BCUT2D eigenvalue weighted by Gasteiger charge is -2.26. The molecule has 0 heterocycles. The average Bonchev–Trinajstić information content (AvgIpc) is 2.50. The van der Waals surface area contributed by atoms with E-state index in [1.165, 1.54) is 12.8 Å². The summed E-state index contributed by atoms with van der Waals surface area (Å²) in [7, 11) is 0. The highest BCUT2D eigenvalue weighted by Gasteiger charge is 2.20. The maximum Gasteiger partial charge on any atom is 0.379 e. The van der Waals surface area contributed by atoms with Gasteiger partial charge in [0.05, 0.1) is 12.7 Å². The van der Waals surface area contributed by atoms with Crippen LogP contribution < -0.4 is 4.74 Å². The van der Waals surface area contributed by atoms with Crippen LogP contribution in [0.1, 0.15) is 49.9 Å². The van der Waals surface area contributed by atoms with E-state index in [2.05, 4.69) is 6.92 Å². The normalized spacial score (nSPS) is 21.6. The van der Waals surface area contributed by atoms with Crippen LogP contribution in [0.2, 0.25) is 0 Å². The van der Waals surface area contributed by atoms with Crippen LogP contribution >= 0.6 is 0 Å². The largest absolute Gasteiger partial charge is 0.490 e. The number of hydrogen-bond acceptors (Lipinski definition) is 4. The van der Waals surface area contributed by atoms with E-state index in [-0.39, 0.29) is 12.7 Å². The highest BCUT2D eigenvalue weighted by atomic mass is 16.5. The van der Waals surface area contributed by atoms with Gasteiger partial charge in [-0.15, -0.1) is 0 Å². The fraction of sp³-hybridized carbons (Fsp3) is 0.529. The van der Waals surface area contributed by atoms with Crippen molar-refractivity contribution in [3.8, 4) is 5.75 Å². The molecular formula is C17H22O4. The predicted octanol–water partition coefficient (Wildman–Crippen LogP) is 3.39. The van der Waals surface area contributed by atoms with Gasteiger partial charge in [0.15, 0.2) is 0 Å². The third-order valence-corrected chi connectivity index (χ3v) is 3.84. The maximum absolute atomic E-state index is 11.8. The molecule has 0 spiro atoms. The number of hydrogen-bond donors (Lipinski definition) is 0. The van der Waals surface area contributed by atoms with Crippen LogP contribution in [-0.4, -0.2) is 24.5 Å². The molecule has 0 atom stereocenters. The third kappa shape index (κ3) is 4.31. The summed E-state index contributed by atoms with van der Waals surface area (Å²) in [6.45, 7) is 4.14. The fourth-order valence-electron chi connectivity index (χ4n) is 2.54. The second kappa shape index (κ2) is 7.25. The van der Waals surface area contributed by atoms with Crippen molar-refractivity contribution in [2.75, 3.05) is 6.61 Å². The molecule has 4 heteroatoms. The van der Waals surface area contributed by atoms with Crippen LogP contribution in [0.5, 0.6) is 5.75 Å². The van der Waals surface area contributed by atoms with Gasteiger partial charge in [0.2, 0.25) is 0 Å². The molecule has 1 aromatic carbocycles. The molecule has 1 aliphatic carbocycles. The Labute approximate surface area is 125 Å². The van der Waals surface area contributed by atoms with Gasteiger partial charge in [-0.05, 0) is 62.8 Å². The van der Waals surface area contributed by atoms with Crippen LogP contribution in [0, 0.1) is 5.92 Å². The molecule has 0 aromatic heterocycles. The second-order valence-corrected chi connectivity index (χ2v) is 5.57. The van der Waals surface area contributed by atoms with Crippen molar-refractivity contribution >= 4 is 11.8 Å². The Morgan fingerprint density at radius 2 is 1.71 bits per heavy atom. The molecular weight excluding hydrogens is 268 g/mol. The van der Waals surface area contributed by atoms with Crippen molar-refractivity contribution < 1.29 is 19.1 Å². The summed E-state index contributed by atoms with van der Waals surface area (Å²) >= 11 is 0. The Balaban J connectivity index is 1.92. The lowest BCUT2D eigenvalue weighted by atomic mass is 9.89. The molecule has 21 heavy (non-hydrogen) atoms. The summed E-state index contributed by atoms with van der Waals surface area (Å²) in [6, 6.07) is 6.70. The molecule has 0 saturated heterocycles. The van der Waals surface area contributed by atoms with E-state index >= 15 is 0 Å². The summed E-state index contributed by atoms with van der Waals surface area (Å²) in [5, 5.41) is 0. The Kier molecular flexibility index (Phi) is 5.37. The van der Waals surface area contributed by atoms with Crippen molar-refractivity contribution in [2.45, 2.75) is 45.6 Å². The van der Waals surface area contributed by atoms with Crippen LogP contribution in [0.25, 0.3) is 0 Å². The number of ether oxygens (including phenoxy) is 2. The van der Waals surface area contributed by atoms with Crippen LogP contribution in [0.3, 0.4) is 0 Å². The first kappa shape index (κ1) is 15.5. The second-order valence-electron chi connectivity index (χ2n) is 5.57. The molecule has 0 amide bonds. The summed E-state index contributed by atoms with van der Waals surface area (Å²) in [5.41, 5.74) is 0.332. The number of rotatable bonds is 5. The number of ketones is 1. The van der Waals surface area contributed by atoms with Gasteiger partial charge < -0.3 is 9.47 Å². The third-order valence-electron chi connectivity index (χ3n) is 3.84. The lowest BCUT2D eigenvalue weighted by molar-refractivity contribution is -0.137. The first-order valence-corrected chi connectivity index (χ1v) is 7.58. The quantitative estimate of drug-likeness (QED) is 0.474. The molecule has 0 unspecified atom stereocenters. The lowest BCUT2D eigenvalue weighted by Crippen LogP contribution is -2.23. The number of Topliss-reactive ketones (excluding diaryl/α,β-unsaturated/α-hetero) is 1. The van der Waals surface area contributed by atoms with Crippen LogP contribution in [-0.2, 0) is 9.53 Å². The fourth-order valence-corrected chi connectivity index (χ4v) is 2.54. The van der Waals surface area contributed by atoms with Gasteiger partial charge in [-0.25, -0.2) is 4.79 Å². The van der Waals surface area contributed by atoms with Crippen LogP contribution in [0.4, 0.5) is 0 Å². The summed E-state index contributed by atoms with van der Waals surface area (Å²) < 4.78 is 10.6. The molecule has 0 aliphatic heterocycles. The van der Waals surface area contributed by atoms with Crippen molar-refractivity contribution in [1.29, 1.82) is 0 Å². The number of esters is 1. The smallest absolute Gasteiger partial charge is 0.379 e. The minimum Gasteiger partial charge on any atom is -0.490 e. The van der Waals surface area contributed by atoms with E-state index in [0.717, 1.165) is 24.5 Å². The number of benzene rings is 1. The molecule has 1 aromatic rings. The van der Waals surface area contributed by atoms with Gasteiger partial charge in [0.25, 0.3) is 5.78 Å². The van der Waals surface area contributed by atoms with Gasteiger partial charge in [0.1, 0.15) is 5.75 Å². The monoisotopic (exact) mass is 290 g/mol. The van der Waals surface area contributed by atoms with Gasteiger partial charge in [-0.3, -0.25) is 4.79 Å². The minimum absolute atomic E-state index is 0.200. The van der Waals surface area contributed by atoms with E-state index in [9.17, 15) is 9.59 Å². The zero-order chi connectivity index (χ0) is 15.2. The molecule has 1 saturated carbocycles. The molecule has 0 bridgehead atoms. The van der Waals surface area contributed by atoms with Crippen LogP contribution in [0.15, 0.2) is 24.3 Å². The Hall–Kier alpha value is -1.84. The van der Waals surface area contributed by atoms with Crippen molar-refractivity contribution in [1.82, 2.24) is 0 Å². The average molecular weight is 290 g/mol. The summed E-state index contributed by atoms with van der Waals surface area (Å²) in [6.07, 6.45) is 4.80. The van der Waals surface area contributed by atoms with Crippen molar-refractivity contribution in [3.63, 3.8) is 0 Å². The SMILES string of the molecule is CCOC(=O)C(=O)c1ccc(OC2CCC(C)CC2)cc1. The van der Waals surface area contributed by atoms with E-state index in [1.807, 2.05) is 0 Å². The first-order chi connectivity index (χ1) is 10.1. The van der Waals surface area contributed by atoms with E-state index < -0.39 is 11.8 Å². The van der Waals surface area contributed by atoms with Gasteiger partial charge >= 0.3 is 5.97 Å². The van der Waals surface area contributed by atoms with Gasteiger partial charge in [-0.1, -0.05) is 6.92 Å². The minimum atomic E-state index is -0.813. The van der Waals surface area contributed by atoms with E-state index in [1.54, 1.807) is 31.2 Å². The summed E-state index contributed by atoms with van der Waals surface area (Å²) in [5.74, 6) is 0.103. The van der Waals surface area contributed by atoms with Crippen molar-refractivity contribution in [3.05, 3.63) is 29.8 Å². The van der Waals surface area contributed by atoms with E-state index in [4.69, 9.17) is 9.47 Å². The molecule has 4 nitrogen and oxygen atoms in total. The predicted molar refractivity (Wildman–Crippen MR) is 79.5 cm³/mol.